The molecule has 0 aliphatic heterocycles. The van der Waals surface area contributed by atoms with E-state index in [1.807, 2.05) is 57.2 Å². The molecule has 0 bridgehead atoms. The van der Waals surface area contributed by atoms with Crippen LogP contribution in [0.15, 0.2) is 78.9 Å². The van der Waals surface area contributed by atoms with Crippen molar-refractivity contribution < 1.29 is 9.47 Å². The van der Waals surface area contributed by atoms with Gasteiger partial charge in [0, 0.05) is 5.39 Å². The summed E-state index contributed by atoms with van der Waals surface area (Å²) in [5.74, 6) is 2.50. The minimum absolute atomic E-state index is 0.209. The molecule has 0 unspecified atom stereocenters. The Morgan fingerprint density at radius 1 is 0.615 bits per heavy atom. The molecule has 4 aromatic rings. The molecule has 0 fully saturated rings. The number of hydrogen-bond acceptors (Lipinski definition) is 2. The van der Waals surface area contributed by atoms with Gasteiger partial charge in [0.2, 0.25) is 0 Å². The molecule has 0 aromatic heterocycles. The molecule has 4 aromatic carbocycles. The van der Waals surface area contributed by atoms with E-state index < -0.39 is 0 Å². The van der Waals surface area contributed by atoms with Gasteiger partial charge in [-0.1, -0.05) is 36.4 Å². The molecule has 130 valence electrons. The molecule has 0 saturated heterocycles. The van der Waals surface area contributed by atoms with Crippen LogP contribution < -0.4 is 9.47 Å². The van der Waals surface area contributed by atoms with Gasteiger partial charge in [-0.2, -0.15) is 0 Å². The van der Waals surface area contributed by atoms with E-state index >= 15 is 0 Å². The Balaban J connectivity index is 1.67. The largest absolute Gasteiger partial charge is 0.488 e. The summed E-state index contributed by atoms with van der Waals surface area (Å²) in [4.78, 5) is 0. The molecule has 2 heteroatoms. The second kappa shape index (κ2) is 6.38. The zero-order valence-electron chi connectivity index (χ0n) is 15.3. The van der Waals surface area contributed by atoms with Crippen molar-refractivity contribution in [2.45, 2.75) is 26.4 Å². The second-order valence-corrected chi connectivity index (χ2v) is 7.46. The molecule has 0 spiro atoms. The van der Waals surface area contributed by atoms with Gasteiger partial charge in [0.15, 0.2) is 0 Å². The lowest BCUT2D eigenvalue weighted by atomic mass is 10.0. The molecule has 0 radical (unpaired) electrons. The monoisotopic (exact) mass is 342 g/mol. The Bertz CT molecular complexity index is 1060. The van der Waals surface area contributed by atoms with Gasteiger partial charge in [0.1, 0.15) is 22.8 Å². The standard InChI is InChI=1S/C24H22O2/c1-24(2,3)26-21-13-11-20(12-14-21)25-23-10-6-9-19-15-17-7-4-5-8-18(17)16-22(19)23/h4-16H,1-3H3. The fourth-order valence-electron chi connectivity index (χ4n) is 3.08. The minimum Gasteiger partial charge on any atom is -0.488 e. The van der Waals surface area contributed by atoms with E-state index in [1.165, 1.54) is 16.2 Å². The lowest BCUT2D eigenvalue weighted by Gasteiger charge is -2.21. The second-order valence-electron chi connectivity index (χ2n) is 7.46. The number of hydrogen-bond donors (Lipinski definition) is 0. The van der Waals surface area contributed by atoms with Crippen LogP contribution in [0.3, 0.4) is 0 Å². The van der Waals surface area contributed by atoms with Crippen LogP contribution in [0.4, 0.5) is 0 Å². The van der Waals surface area contributed by atoms with Crippen molar-refractivity contribution in [3.8, 4) is 17.2 Å². The minimum atomic E-state index is -0.209. The van der Waals surface area contributed by atoms with Crippen LogP contribution in [0.25, 0.3) is 21.5 Å². The highest BCUT2D eigenvalue weighted by molar-refractivity contribution is 6.00. The van der Waals surface area contributed by atoms with Crippen LogP contribution in [0.2, 0.25) is 0 Å². The number of fused-ring (bicyclic) bond motifs is 2. The van der Waals surface area contributed by atoms with E-state index in [9.17, 15) is 0 Å². The van der Waals surface area contributed by atoms with E-state index in [0.29, 0.717) is 0 Å². The third-order valence-electron chi connectivity index (χ3n) is 4.18. The smallest absolute Gasteiger partial charge is 0.135 e. The predicted octanol–water partition coefficient (Wildman–Crippen LogP) is 6.96. The highest BCUT2D eigenvalue weighted by Crippen LogP contribution is 2.33. The maximum absolute atomic E-state index is 6.17. The summed E-state index contributed by atoms with van der Waals surface area (Å²) in [5.41, 5.74) is -0.209. The van der Waals surface area contributed by atoms with Gasteiger partial charge < -0.3 is 9.47 Å². The van der Waals surface area contributed by atoms with Gasteiger partial charge in [-0.25, -0.2) is 0 Å². The summed E-state index contributed by atoms with van der Waals surface area (Å²) in [6.45, 7) is 6.12. The molecule has 0 saturated carbocycles. The van der Waals surface area contributed by atoms with Crippen LogP contribution in [-0.2, 0) is 0 Å². The van der Waals surface area contributed by atoms with Gasteiger partial charge in [-0.05, 0) is 79.4 Å². The van der Waals surface area contributed by atoms with E-state index in [4.69, 9.17) is 9.47 Å². The van der Waals surface area contributed by atoms with Gasteiger partial charge in [0.25, 0.3) is 0 Å². The van der Waals surface area contributed by atoms with Gasteiger partial charge in [-0.3, -0.25) is 0 Å². The average molecular weight is 342 g/mol. The maximum atomic E-state index is 6.17. The quantitative estimate of drug-likeness (QED) is 0.375. The van der Waals surface area contributed by atoms with Crippen LogP contribution in [0.1, 0.15) is 20.8 Å². The average Bonchev–Trinajstić information content (AvgIpc) is 2.61. The molecule has 0 aliphatic rings. The Morgan fingerprint density at radius 2 is 1.23 bits per heavy atom. The fourth-order valence-corrected chi connectivity index (χ4v) is 3.08. The normalized spacial score (nSPS) is 11.7. The summed E-state index contributed by atoms with van der Waals surface area (Å²) in [5, 5.41) is 4.74. The van der Waals surface area contributed by atoms with Crippen LogP contribution in [-0.4, -0.2) is 5.60 Å². The number of benzene rings is 4. The fraction of sp³-hybridized carbons (Fsp3) is 0.167. The lowest BCUT2D eigenvalue weighted by molar-refractivity contribution is 0.131. The molecule has 4 rings (SSSR count). The van der Waals surface area contributed by atoms with Crippen molar-refractivity contribution >= 4 is 21.5 Å². The first-order chi connectivity index (χ1) is 12.5. The SMILES string of the molecule is CC(C)(C)Oc1ccc(Oc2cccc3cc4ccccc4cc23)cc1. The topological polar surface area (TPSA) is 18.5 Å². The molecule has 0 amide bonds. The third-order valence-corrected chi connectivity index (χ3v) is 4.18. The Morgan fingerprint density at radius 3 is 1.92 bits per heavy atom. The highest BCUT2D eigenvalue weighted by atomic mass is 16.5. The molecular weight excluding hydrogens is 320 g/mol. The molecule has 0 atom stereocenters. The molecule has 0 N–H and O–H groups in total. The van der Waals surface area contributed by atoms with Crippen molar-refractivity contribution in [2.24, 2.45) is 0 Å². The predicted molar refractivity (Wildman–Crippen MR) is 108 cm³/mol. The maximum Gasteiger partial charge on any atom is 0.135 e. The van der Waals surface area contributed by atoms with Crippen LogP contribution in [0, 0.1) is 0 Å². The summed E-state index contributed by atoms with van der Waals surface area (Å²) in [6, 6.07) is 26.7. The van der Waals surface area contributed by atoms with E-state index in [0.717, 1.165) is 22.6 Å². The molecule has 0 aliphatic carbocycles. The van der Waals surface area contributed by atoms with Crippen molar-refractivity contribution in [1.82, 2.24) is 0 Å². The molecular formula is C24H22O2. The highest BCUT2D eigenvalue weighted by Gasteiger charge is 2.12. The summed E-state index contributed by atoms with van der Waals surface area (Å²) in [6.07, 6.45) is 0. The summed E-state index contributed by atoms with van der Waals surface area (Å²) >= 11 is 0. The van der Waals surface area contributed by atoms with E-state index in [-0.39, 0.29) is 5.60 Å². The molecule has 0 heterocycles. The summed E-state index contributed by atoms with van der Waals surface area (Å²) in [7, 11) is 0. The van der Waals surface area contributed by atoms with Crippen molar-refractivity contribution in [3.05, 3.63) is 78.9 Å². The van der Waals surface area contributed by atoms with E-state index in [2.05, 4.69) is 42.5 Å². The van der Waals surface area contributed by atoms with Gasteiger partial charge in [-0.15, -0.1) is 0 Å². The van der Waals surface area contributed by atoms with Gasteiger partial charge >= 0.3 is 0 Å². The van der Waals surface area contributed by atoms with Crippen molar-refractivity contribution in [2.75, 3.05) is 0 Å². The first-order valence-corrected chi connectivity index (χ1v) is 8.86. The molecule has 2 nitrogen and oxygen atoms in total. The van der Waals surface area contributed by atoms with Crippen molar-refractivity contribution in [3.63, 3.8) is 0 Å². The van der Waals surface area contributed by atoms with Crippen LogP contribution >= 0.6 is 0 Å². The first-order valence-electron chi connectivity index (χ1n) is 8.86. The van der Waals surface area contributed by atoms with Gasteiger partial charge in [0.05, 0.1) is 0 Å². The third kappa shape index (κ3) is 3.50. The molecule has 26 heavy (non-hydrogen) atoms. The Labute approximate surface area is 154 Å². The zero-order chi connectivity index (χ0) is 18.1. The Kier molecular flexibility index (Phi) is 4.04. The van der Waals surface area contributed by atoms with Crippen molar-refractivity contribution in [1.29, 1.82) is 0 Å². The number of rotatable bonds is 3. The Hall–Kier alpha value is -3.00. The first kappa shape index (κ1) is 16.5. The summed E-state index contributed by atoms with van der Waals surface area (Å²) < 4.78 is 12.0. The zero-order valence-corrected chi connectivity index (χ0v) is 15.3. The number of ether oxygens (including phenoxy) is 2. The lowest BCUT2D eigenvalue weighted by Crippen LogP contribution is -2.22. The van der Waals surface area contributed by atoms with E-state index in [1.54, 1.807) is 0 Å². The van der Waals surface area contributed by atoms with Crippen LogP contribution in [0.5, 0.6) is 17.2 Å².